The van der Waals surface area contributed by atoms with Crippen molar-refractivity contribution in [3.05, 3.63) is 0 Å². The molecule has 2 N–H and O–H groups in total. The third-order valence-corrected chi connectivity index (χ3v) is 3.73. The van der Waals surface area contributed by atoms with Crippen LogP contribution in [0, 0.1) is 16.7 Å². The number of amides is 1. The van der Waals surface area contributed by atoms with Crippen LogP contribution in [0.25, 0.3) is 0 Å². The molecular formula is C13H25N3O3S. The van der Waals surface area contributed by atoms with Gasteiger partial charge in [0.1, 0.15) is 5.41 Å². The van der Waals surface area contributed by atoms with Crippen LogP contribution in [0.15, 0.2) is 0 Å². The van der Waals surface area contributed by atoms with Crippen molar-refractivity contribution >= 4 is 15.9 Å². The number of sulfonamides is 1. The molecule has 6 nitrogen and oxygen atoms in total. The Hall–Kier alpha value is -1.13. The van der Waals surface area contributed by atoms with E-state index in [1.165, 1.54) is 0 Å². The lowest BCUT2D eigenvalue weighted by molar-refractivity contribution is -0.128. The van der Waals surface area contributed by atoms with Gasteiger partial charge in [-0.2, -0.15) is 5.26 Å². The Morgan fingerprint density at radius 1 is 1.20 bits per heavy atom. The maximum atomic E-state index is 12.2. The van der Waals surface area contributed by atoms with E-state index >= 15 is 0 Å². The summed E-state index contributed by atoms with van der Waals surface area (Å²) in [7, 11) is -3.19. The molecule has 0 aliphatic carbocycles. The third-order valence-electron chi connectivity index (χ3n) is 3.01. The highest BCUT2D eigenvalue weighted by atomic mass is 32.2. The van der Waals surface area contributed by atoms with Crippen LogP contribution in [0.5, 0.6) is 0 Å². The molecule has 7 heteroatoms. The molecule has 0 fully saturated rings. The molecule has 116 valence electrons. The van der Waals surface area contributed by atoms with Gasteiger partial charge in [0, 0.05) is 13.1 Å². The van der Waals surface area contributed by atoms with E-state index in [0.29, 0.717) is 25.8 Å². The molecule has 0 radical (unpaired) electrons. The van der Waals surface area contributed by atoms with E-state index in [9.17, 15) is 18.5 Å². The second-order valence-corrected chi connectivity index (χ2v) is 6.80. The maximum Gasteiger partial charge on any atom is 0.240 e. The molecule has 0 aliphatic heterocycles. The Morgan fingerprint density at radius 2 is 1.75 bits per heavy atom. The number of rotatable bonds is 10. The minimum absolute atomic E-state index is 0.247. The van der Waals surface area contributed by atoms with Gasteiger partial charge in [-0.3, -0.25) is 4.79 Å². The van der Waals surface area contributed by atoms with Gasteiger partial charge in [-0.25, -0.2) is 13.1 Å². The summed E-state index contributed by atoms with van der Waals surface area (Å²) in [6, 6.07) is 2.16. The van der Waals surface area contributed by atoms with Gasteiger partial charge in [0.25, 0.3) is 0 Å². The van der Waals surface area contributed by atoms with Crippen molar-refractivity contribution in [1.82, 2.24) is 10.0 Å². The average Bonchev–Trinajstić information content (AvgIpc) is 2.36. The highest BCUT2D eigenvalue weighted by Gasteiger charge is 2.36. The fourth-order valence-corrected chi connectivity index (χ4v) is 2.60. The molecule has 1 amide bonds. The van der Waals surface area contributed by atoms with E-state index in [0.717, 1.165) is 19.1 Å². The van der Waals surface area contributed by atoms with Gasteiger partial charge in [-0.15, -0.1) is 0 Å². The number of nitrogens with one attached hydrogen (secondary N) is 2. The maximum absolute atomic E-state index is 12.2. The van der Waals surface area contributed by atoms with Crippen molar-refractivity contribution in [2.24, 2.45) is 5.41 Å². The smallest absolute Gasteiger partial charge is 0.240 e. The molecule has 0 unspecified atom stereocenters. The van der Waals surface area contributed by atoms with Gasteiger partial charge in [0.05, 0.1) is 12.3 Å². The second-order valence-electron chi connectivity index (χ2n) is 4.97. The summed E-state index contributed by atoms with van der Waals surface area (Å²) in [5.74, 6) is -0.247. The first-order valence-corrected chi connectivity index (χ1v) is 8.84. The van der Waals surface area contributed by atoms with Gasteiger partial charge < -0.3 is 5.32 Å². The van der Waals surface area contributed by atoms with Crippen LogP contribution in [0.3, 0.4) is 0 Å². The number of hydrogen-bond acceptors (Lipinski definition) is 4. The Bertz CT molecular complexity index is 434. The van der Waals surface area contributed by atoms with Crippen LogP contribution in [0.2, 0.25) is 0 Å². The highest BCUT2D eigenvalue weighted by molar-refractivity contribution is 7.88. The first-order chi connectivity index (χ1) is 9.31. The molecule has 0 rings (SSSR count). The number of nitrogens with zero attached hydrogens (tertiary/aromatic N) is 1. The molecule has 0 aliphatic rings. The van der Waals surface area contributed by atoms with Crippen molar-refractivity contribution in [2.45, 2.75) is 46.0 Å². The monoisotopic (exact) mass is 303 g/mol. The Kier molecular flexibility index (Phi) is 8.42. The van der Waals surface area contributed by atoms with E-state index in [4.69, 9.17) is 0 Å². The number of carbonyl (C=O) groups is 1. The van der Waals surface area contributed by atoms with Crippen molar-refractivity contribution < 1.29 is 13.2 Å². The molecule has 0 spiro atoms. The third kappa shape index (κ3) is 6.87. The molecule has 0 aromatic rings. The SMILES string of the molecule is CCCC(C#N)(CCC)C(=O)NCCCNS(C)(=O)=O. The lowest BCUT2D eigenvalue weighted by Crippen LogP contribution is -2.41. The number of carbonyl (C=O) groups excluding carboxylic acids is 1. The fraction of sp³-hybridized carbons (Fsp3) is 0.846. The van der Waals surface area contributed by atoms with E-state index in [-0.39, 0.29) is 12.5 Å². The van der Waals surface area contributed by atoms with Crippen LogP contribution >= 0.6 is 0 Å². The van der Waals surface area contributed by atoms with Crippen LogP contribution in [-0.4, -0.2) is 33.7 Å². The van der Waals surface area contributed by atoms with Crippen LogP contribution < -0.4 is 10.0 Å². The molecule has 0 saturated carbocycles. The second kappa shape index (κ2) is 8.93. The molecule has 0 heterocycles. The van der Waals surface area contributed by atoms with Crippen molar-refractivity contribution in [3.63, 3.8) is 0 Å². The van der Waals surface area contributed by atoms with Gasteiger partial charge in [-0.1, -0.05) is 26.7 Å². The Labute approximate surface area is 122 Å². The zero-order valence-corrected chi connectivity index (χ0v) is 13.3. The summed E-state index contributed by atoms with van der Waals surface area (Å²) in [5, 5.41) is 12.1. The summed E-state index contributed by atoms with van der Waals surface area (Å²) in [4.78, 5) is 12.2. The predicted molar refractivity (Wildman–Crippen MR) is 78.3 cm³/mol. The molecule has 0 bridgehead atoms. The average molecular weight is 303 g/mol. The standard InChI is InChI=1S/C13H25N3O3S/c1-4-7-13(11-14,8-5-2)12(17)15-9-6-10-16-20(3,18)19/h16H,4-10H2,1-3H3,(H,15,17). The van der Waals surface area contributed by atoms with E-state index in [1.807, 2.05) is 13.8 Å². The van der Waals surface area contributed by atoms with Gasteiger partial charge in [0.15, 0.2) is 0 Å². The van der Waals surface area contributed by atoms with Crippen LogP contribution in [-0.2, 0) is 14.8 Å². The lowest BCUT2D eigenvalue weighted by atomic mass is 9.80. The lowest BCUT2D eigenvalue weighted by Gasteiger charge is -2.24. The number of hydrogen-bond donors (Lipinski definition) is 2. The van der Waals surface area contributed by atoms with E-state index in [1.54, 1.807) is 0 Å². The predicted octanol–water partition coefficient (Wildman–Crippen LogP) is 1.15. The molecule has 0 atom stereocenters. The van der Waals surface area contributed by atoms with Crippen molar-refractivity contribution in [2.75, 3.05) is 19.3 Å². The largest absolute Gasteiger partial charge is 0.355 e. The Balaban J connectivity index is 4.31. The first-order valence-electron chi connectivity index (χ1n) is 6.95. The summed E-state index contributed by atoms with van der Waals surface area (Å²) < 4.78 is 24.1. The van der Waals surface area contributed by atoms with Gasteiger partial charge in [0.2, 0.25) is 15.9 Å². The normalized spacial score (nSPS) is 11.9. The fourth-order valence-electron chi connectivity index (χ4n) is 2.09. The van der Waals surface area contributed by atoms with Gasteiger partial charge in [-0.05, 0) is 19.3 Å². The quantitative estimate of drug-likeness (QED) is 0.591. The zero-order valence-electron chi connectivity index (χ0n) is 12.5. The molecule has 0 saturated heterocycles. The molecular weight excluding hydrogens is 278 g/mol. The topological polar surface area (TPSA) is 99.1 Å². The summed E-state index contributed by atoms with van der Waals surface area (Å²) in [6.07, 6.45) is 4.23. The van der Waals surface area contributed by atoms with Crippen LogP contribution in [0.4, 0.5) is 0 Å². The Morgan fingerprint density at radius 3 is 2.15 bits per heavy atom. The van der Waals surface area contributed by atoms with Crippen LogP contribution in [0.1, 0.15) is 46.0 Å². The van der Waals surface area contributed by atoms with Crippen molar-refractivity contribution in [1.29, 1.82) is 5.26 Å². The van der Waals surface area contributed by atoms with E-state index in [2.05, 4.69) is 16.1 Å². The molecule has 0 aromatic heterocycles. The van der Waals surface area contributed by atoms with Crippen molar-refractivity contribution in [3.8, 4) is 6.07 Å². The van der Waals surface area contributed by atoms with E-state index < -0.39 is 15.4 Å². The minimum atomic E-state index is -3.19. The summed E-state index contributed by atoms with van der Waals surface area (Å²) >= 11 is 0. The zero-order chi connectivity index (χ0) is 15.6. The van der Waals surface area contributed by atoms with Gasteiger partial charge >= 0.3 is 0 Å². The number of nitriles is 1. The molecule has 0 aromatic carbocycles. The first kappa shape index (κ1) is 18.9. The summed E-state index contributed by atoms with van der Waals surface area (Å²) in [6.45, 7) is 4.54. The molecule has 20 heavy (non-hydrogen) atoms. The summed E-state index contributed by atoms with van der Waals surface area (Å²) in [5.41, 5.74) is -0.951. The highest BCUT2D eigenvalue weighted by Crippen LogP contribution is 2.29. The minimum Gasteiger partial charge on any atom is -0.355 e.